The monoisotopic (exact) mass is 425 g/mol. The molecule has 5 nitrogen and oxygen atoms in total. The number of nitrogens with zero attached hydrogens (tertiary/aromatic N) is 1. The largest absolute Gasteiger partial charge is 0.481 e. The van der Waals surface area contributed by atoms with Crippen LogP contribution < -0.4 is 5.32 Å². The molecule has 0 aromatic heterocycles. The Morgan fingerprint density at radius 2 is 1.81 bits per heavy atom. The highest BCUT2D eigenvalue weighted by Gasteiger charge is 2.40. The summed E-state index contributed by atoms with van der Waals surface area (Å²) in [6, 6.07) is 9.88. The van der Waals surface area contributed by atoms with Crippen LogP contribution in [0.5, 0.6) is 0 Å². The number of carbonyl (C=O) groups excluding carboxylic acids is 1. The molecule has 2 aromatic carbocycles. The Morgan fingerprint density at radius 1 is 1.10 bits per heavy atom. The van der Waals surface area contributed by atoms with Crippen LogP contribution in [-0.4, -0.2) is 34.5 Å². The highest BCUT2D eigenvalue weighted by molar-refractivity contribution is 5.96. The van der Waals surface area contributed by atoms with Gasteiger partial charge in [-0.2, -0.15) is 0 Å². The average Bonchev–Trinajstić information content (AvgIpc) is 3.26. The second-order valence-electron chi connectivity index (χ2n) is 8.64. The maximum absolute atomic E-state index is 14.7. The minimum absolute atomic E-state index is 0.000471. The molecule has 0 radical (unpaired) electrons. The van der Waals surface area contributed by atoms with Crippen molar-refractivity contribution < 1.29 is 20.5 Å². The van der Waals surface area contributed by atoms with E-state index < -0.39 is 29.7 Å². The Morgan fingerprint density at radius 3 is 2.45 bits per heavy atom. The Hall–Kier alpha value is -2.89. The lowest BCUT2D eigenvalue weighted by atomic mass is 9.84. The lowest BCUT2D eigenvalue weighted by Crippen LogP contribution is -2.45. The molecule has 0 unspecified atom stereocenters. The van der Waals surface area contributed by atoms with Crippen molar-refractivity contribution in [2.75, 3.05) is 11.9 Å². The molecule has 2 atom stereocenters. The number of rotatable bonds is 5. The van der Waals surface area contributed by atoms with Gasteiger partial charge < -0.3 is 15.3 Å². The topological polar surface area (TPSA) is 69.6 Å². The minimum atomic E-state index is -0.959. The van der Waals surface area contributed by atoms with Crippen LogP contribution in [0.3, 0.4) is 0 Å². The predicted octanol–water partition coefficient (Wildman–Crippen LogP) is 5.17. The number of hydrogen-bond acceptors (Lipinski definition) is 3. The van der Waals surface area contributed by atoms with Gasteiger partial charge in [0, 0.05) is 18.3 Å². The standard InChI is InChI=1S/C25H29FN2O3/c1-16-6-4-10-21(26)22(16)24(29)28-15-5-9-20(25(30)31)23(28)17-11-13-19(14-12-17)27-18-7-2-3-8-18/h4,6,10-14,18,20,23,27H,2-3,5,7-9,15H2,1H3,(H,30,31)/t20-,23-/m0/s1/i4D. The first-order valence-corrected chi connectivity index (χ1v) is 11.0. The first-order valence-electron chi connectivity index (χ1n) is 11.5. The van der Waals surface area contributed by atoms with Gasteiger partial charge in [0.05, 0.1) is 18.9 Å². The molecule has 1 aliphatic heterocycles. The molecular formula is C25H29FN2O3. The van der Waals surface area contributed by atoms with Gasteiger partial charge in [-0.3, -0.25) is 9.59 Å². The molecule has 4 rings (SSSR count). The number of nitrogens with one attached hydrogen (secondary N) is 1. The van der Waals surface area contributed by atoms with Crippen LogP contribution in [0.2, 0.25) is 0 Å². The number of hydrogen-bond donors (Lipinski definition) is 2. The Labute approximate surface area is 183 Å². The summed E-state index contributed by atoms with van der Waals surface area (Å²) in [5.74, 6) is -2.99. The Bertz CT molecular complexity index is 982. The van der Waals surface area contributed by atoms with Crippen molar-refractivity contribution in [3.8, 4) is 0 Å². The molecule has 2 N–H and O–H groups in total. The summed E-state index contributed by atoms with van der Waals surface area (Å²) >= 11 is 0. The number of piperidine rings is 1. The molecule has 0 bridgehead atoms. The molecule has 31 heavy (non-hydrogen) atoms. The zero-order valence-corrected chi connectivity index (χ0v) is 17.7. The van der Waals surface area contributed by atoms with E-state index in [1.165, 1.54) is 23.8 Å². The molecule has 2 aromatic rings. The fourth-order valence-corrected chi connectivity index (χ4v) is 4.96. The SMILES string of the molecule is [2H]c1cc(C)c(C(=O)N2CCC[C@H](C(=O)O)[C@@H]2c2ccc(NC3CCCC3)cc2)c(F)c1. The summed E-state index contributed by atoms with van der Waals surface area (Å²) < 4.78 is 22.3. The van der Waals surface area contributed by atoms with Crippen LogP contribution in [0.25, 0.3) is 0 Å². The molecular weight excluding hydrogens is 395 g/mol. The quantitative estimate of drug-likeness (QED) is 0.694. The lowest BCUT2D eigenvalue weighted by molar-refractivity contribution is -0.145. The van der Waals surface area contributed by atoms with E-state index in [1.54, 1.807) is 6.92 Å². The van der Waals surface area contributed by atoms with Crippen molar-refractivity contribution in [3.05, 3.63) is 64.9 Å². The van der Waals surface area contributed by atoms with Gasteiger partial charge in [-0.05, 0) is 61.9 Å². The minimum Gasteiger partial charge on any atom is -0.481 e. The van der Waals surface area contributed by atoms with Crippen LogP contribution in [-0.2, 0) is 4.79 Å². The maximum Gasteiger partial charge on any atom is 0.308 e. The molecule has 1 amide bonds. The number of benzene rings is 2. The number of halogens is 1. The van der Waals surface area contributed by atoms with Crippen LogP contribution >= 0.6 is 0 Å². The number of amides is 1. The number of anilines is 1. The van der Waals surface area contributed by atoms with E-state index in [4.69, 9.17) is 1.37 Å². The molecule has 0 spiro atoms. The van der Waals surface area contributed by atoms with Gasteiger partial charge in [-0.1, -0.05) is 37.1 Å². The van der Waals surface area contributed by atoms with E-state index >= 15 is 0 Å². The number of carboxylic acid groups (broad SMARTS) is 1. The Kier molecular flexibility index (Phi) is 5.87. The first-order chi connectivity index (χ1) is 15.3. The number of likely N-dealkylation sites (tertiary alicyclic amines) is 1. The normalized spacial score (nSPS) is 22.3. The summed E-state index contributed by atoms with van der Waals surface area (Å²) in [6.45, 7) is 1.96. The van der Waals surface area contributed by atoms with Gasteiger partial charge in [-0.25, -0.2) is 4.39 Å². The van der Waals surface area contributed by atoms with E-state index in [9.17, 15) is 19.1 Å². The van der Waals surface area contributed by atoms with Gasteiger partial charge in [0.25, 0.3) is 5.91 Å². The maximum atomic E-state index is 14.7. The number of carboxylic acids is 1. The van der Waals surface area contributed by atoms with E-state index in [0.717, 1.165) is 30.2 Å². The van der Waals surface area contributed by atoms with Crippen LogP contribution in [0, 0.1) is 18.7 Å². The van der Waals surface area contributed by atoms with Gasteiger partial charge in [-0.15, -0.1) is 0 Å². The van der Waals surface area contributed by atoms with Crippen molar-refractivity contribution in [1.29, 1.82) is 0 Å². The van der Waals surface area contributed by atoms with Crippen molar-refractivity contribution in [1.82, 2.24) is 4.90 Å². The van der Waals surface area contributed by atoms with Crippen molar-refractivity contribution >= 4 is 17.6 Å². The summed E-state index contributed by atoms with van der Waals surface area (Å²) in [5.41, 5.74) is 2.01. The zero-order valence-electron chi connectivity index (χ0n) is 18.7. The average molecular weight is 426 g/mol. The predicted molar refractivity (Wildman–Crippen MR) is 118 cm³/mol. The number of aryl methyl sites for hydroxylation is 1. The molecule has 6 heteroatoms. The van der Waals surface area contributed by atoms with E-state index in [-0.39, 0.29) is 11.6 Å². The third kappa shape index (κ3) is 4.43. The first kappa shape index (κ1) is 20.0. The fraction of sp³-hybridized carbons (Fsp3) is 0.440. The van der Waals surface area contributed by atoms with E-state index in [2.05, 4.69) is 5.32 Å². The molecule has 1 saturated heterocycles. The van der Waals surface area contributed by atoms with E-state index in [0.29, 0.717) is 31.0 Å². The molecule has 1 heterocycles. The molecule has 2 aliphatic rings. The second kappa shape index (κ2) is 9.08. The highest BCUT2D eigenvalue weighted by atomic mass is 19.1. The lowest BCUT2D eigenvalue weighted by Gasteiger charge is -2.40. The third-order valence-electron chi connectivity index (χ3n) is 6.54. The van der Waals surface area contributed by atoms with Crippen LogP contribution in [0.15, 0.2) is 42.4 Å². The summed E-state index contributed by atoms with van der Waals surface area (Å²) in [4.78, 5) is 27.0. The number of carbonyl (C=O) groups is 2. The van der Waals surface area contributed by atoms with Crippen molar-refractivity contribution in [2.45, 2.75) is 57.5 Å². The fourth-order valence-electron chi connectivity index (χ4n) is 4.96. The van der Waals surface area contributed by atoms with Crippen LogP contribution in [0.4, 0.5) is 10.1 Å². The molecule has 1 saturated carbocycles. The molecule has 1 aliphatic carbocycles. The van der Waals surface area contributed by atoms with E-state index in [1.807, 2.05) is 24.3 Å². The van der Waals surface area contributed by atoms with Gasteiger partial charge in [0.1, 0.15) is 5.82 Å². The summed E-state index contributed by atoms with van der Waals surface area (Å²) in [6.07, 6.45) is 5.75. The number of aliphatic carboxylic acids is 1. The smallest absolute Gasteiger partial charge is 0.308 e. The second-order valence-corrected chi connectivity index (χ2v) is 8.64. The highest BCUT2D eigenvalue weighted by Crippen LogP contribution is 2.38. The Balaban J connectivity index is 1.65. The third-order valence-corrected chi connectivity index (χ3v) is 6.54. The van der Waals surface area contributed by atoms with Crippen molar-refractivity contribution in [2.24, 2.45) is 5.92 Å². The summed E-state index contributed by atoms with van der Waals surface area (Å²) in [5, 5.41) is 13.4. The molecule has 2 fully saturated rings. The van der Waals surface area contributed by atoms with Crippen LogP contribution in [0.1, 0.15) is 67.4 Å². The van der Waals surface area contributed by atoms with Gasteiger partial charge >= 0.3 is 5.97 Å². The molecule has 164 valence electrons. The summed E-state index contributed by atoms with van der Waals surface area (Å²) in [7, 11) is 0. The van der Waals surface area contributed by atoms with Gasteiger partial charge in [0.15, 0.2) is 0 Å². The zero-order chi connectivity index (χ0) is 22.8. The van der Waals surface area contributed by atoms with Crippen molar-refractivity contribution in [3.63, 3.8) is 0 Å². The van der Waals surface area contributed by atoms with Gasteiger partial charge in [0.2, 0.25) is 0 Å².